The summed E-state index contributed by atoms with van der Waals surface area (Å²) in [5.41, 5.74) is -0.307. The van der Waals surface area contributed by atoms with Crippen LogP contribution in [0.15, 0.2) is 42.5 Å². The van der Waals surface area contributed by atoms with Crippen molar-refractivity contribution in [2.24, 2.45) is 0 Å². The molecule has 0 radical (unpaired) electrons. The molecule has 0 fully saturated rings. The smallest absolute Gasteiger partial charge is 0.306 e. The maximum Gasteiger partial charge on any atom is 0.306 e. The van der Waals surface area contributed by atoms with Crippen LogP contribution in [0.25, 0.3) is 0 Å². The molecule has 0 bridgehead atoms. The quantitative estimate of drug-likeness (QED) is 0.693. The van der Waals surface area contributed by atoms with Crippen molar-refractivity contribution in [2.75, 3.05) is 12.4 Å². The van der Waals surface area contributed by atoms with Gasteiger partial charge in [0.25, 0.3) is 5.91 Å². The summed E-state index contributed by atoms with van der Waals surface area (Å²) in [7, 11) is 1.43. The number of anilines is 1. The lowest BCUT2D eigenvalue weighted by atomic mass is 10.2. The summed E-state index contributed by atoms with van der Waals surface area (Å²) in [4.78, 5) is 21.9. The third kappa shape index (κ3) is 3.14. The van der Waals surface area contributed by atoms with Crippen LogP contribution < -0.4 is 10.1 Å². The van der Waals surface area contributed by atoms with E-state index in [1.807, 2.05) is 0 Å². The molecular weight excluding hydrogens is 279 g/mol. The van der Waals surface area contributed by atoms with Gasteiger partial charge < -0.3 is 10.1 Å². The summed E-state index contributed by atoms with van der Waals surface area (Å²) in [6.07, 6.45) is 0. The van der Waals surface area contributed by atoms with Crippen molar-refractivity contribution in [3.05, 3.63) is 64.0 Å². The Morgan fingerprint density at radius 2 is 2.00 bits per heavy atom. The van der Waals surface area contributed by atoms with Crippen LogP contribution in [0.2, 0.25) is 0 Å². The maximum atomic E-state index is 13.2. The molecule has 0 unspecified atom stereocenters. The van der Waals surface area contributed by atoms with E-state index in [2.05, 4.69) is 5.32 Å². The predicted molar refractivity (Wildman–Crippen MR) is 74.0 cm³/mol. The van der Waals surface area contributed by atoms with Crippen LogP contribution in [0, 0.1) is 15.9 Å². The van der Waals surface area contributed by atoms with Crippen molar-refractivity contribution in [3.63, 3.8) is 0 Å². The number of rotatable bonds is 4. The maximum absolute atomic E-state index is 13.2. The van der Waals surface area contributed by atoms with Gasteiger partial charge in [0.2, 0.25) is 5.82 Å². The number of hydrogen-bond acceptors (Lipinski definition) is 4. The molecule has 0 saturated heterocycles. The molecule has 0 aliphatic carbocycles. The molecule has 2 aromatic rings. The molecule has 0 aromatic heterocycles. The van der Waals surface area contributed by atoms with Crippen molar-refractivity contribution in [1.82, 2.24) is 0 Å². The molecule has 2 rings (SSSR count). The normalized spacial score (nSPS) is 10.0. The predicted octanol–water partition coefficient (Wildman–Crippen LogP) is 2.99. The number of nitro groups is 1. The van der Waals surface area contributed by atoms with Gasteiger partial charge in [0.05, 0.1) is 17.6 Å². The Bertz CT molecular complexity index is 703. The van der Waals surface area contributed by atoms with Gasteiger partial charge in [-0.2, -0.15) is 4.39 Å². The van der Waals surface area contributed by atoms with Gasteiger partial charge in [-0.05, 0) is 24.3 Å². The number of ether oxygens (including phenoxy) is 1. The molecule has 0 aliphatic rings. The Labute approximate surface area is 119 Å². The van der Waals surface area contributed by atoms with Crippen LogP contribution in [-0.4, -0.2) is 17.9 Å². The molecule has 6 nitrogen and oxygen atoms in total. The van der Waals surface area contributed by atoms with E-state index in [4.69, 9.17) is 4.74 Å². The number of para-hydroxylation sites is 1. The van der Waals surface area contributed by atoms with Crippen LogP contribution in [0.5, 0.6) is 5.75 Å². The van der Waals surface area contributed by atoms with Crippen molar-refractivity contribution in [1.29, 1.82) is 0 Å². The number of amides is 1. The monoisotopic (exact) mass is 290 g/mol. The average Bonchev–Trinajstić information content (AvgIpc) is 2.48. The second-order valence-electron chi connectivity index (χ2n) is 4.08. The summed E-state index contributed by atoms with van der Waals surface area (Å²) in [5, 5.41) is 13.1. The van der Waals surface area contributed by atoms with Crippen molar-refractivity contribution in [2.45, 2.75) is 0 Å². The molecule has 2 aromatic carbocycles. The molecule has 0 atom stereocenters. The summed E-state index contributed by atoms with van der Waals surface area (Å²) in [6, 6.07) is 9.66. The number of carbonyl (C=O) groups excluding carboxylic acids is 1. The zero-order valence-electron chi connectivity index (χ0n) is 11.0. The van der Waals surface area contributed by atoms with Crippen LogP contribution in [-0.2, 0) is 0 Å². The minimum absolute atomic E-state index is 0.124. The number of nitrogens with zero attached hydrogens (tertiary/aromatic N) is 1. The van der Waals surface area contributed by atoms with E-state index >= 15 is 0 Å². The van der Waals surface area contributed by atoms with Gasteiger partial charge >= 0.3 is 5.69 Å². The fraction of sp³-hybridized carbons (Fsp3) is 0.0714. The highest BCUT2D eigenvalue weighted by Crippen LogP contribution is 2.23. The topological polar surface area (TPSA) is 81.5 Å². The summed E-state index contributed by atoms with van der Waals surface area (Å²) < 4.78 is 18.3. The molecule has 7 heteroatoms. The number of methoxy groups -OCH3 is 1. The number of halogens is 1. The van der Waals surface area contributed by atoms with Crippen molar-refractivity contribution in [3.8, 4) is 5.75 Å². The van der Waals surface area contributed by atoms with Gasteiger partial charge in [-0.25, -0.2) is 0 Å². The van der Waals surface area contributed by atoms with E-state index in [1.165, 1.54) is 13.2 Å². The molecule has 0 saturated carbocycles. The number of nitro benzene ring substituents is 1. The van der Waals surface area contributed by atoms with E-state index in [1.54, 1.807) is 24.3 Å². The fourth-order valence-corrected chi connectivity index (χ4v) is 1.76. The van der Waals surface area contributed by atoms with E-state index in [-0.39, 0.29) is 11.3 Å². The summed E-state index contributed by atoms with van der Waals surface area (Å²) in [5.74, 6) is -1.10. The average molecular weight is 290 g/mol. The Morgan fingerprint density at radius 1 is 1.29 bits per heavy atom. The molecule has 0 aliphatic heterocycles. The van der Waals surface area contributed by atoms with Gasteiger partial charge in [0.1, 0.15) is 5.75 Å². The molecule has 21 heavy (non-hydrogen) atoms. The third-order valence-electron chi connectivity index (χ3n) is 2.75. The standard InChI is InChI=1S/C14H11FN2O4/c1-21-13-5-3-2-4-10(13)14(18)16-9-6-7-11(15)12(8-9)17(19)20/h2-8H,1H3,(H,16,18). The first kappa shape index (κ1) is 14.4. The van der Waals surface area contributed by atoms with Gasteiger partial charge in [-0.3, -0.25) is 14.9 Å². The lowest BCUT2D eigenvalue weighted by Gasteiger charge is -2.09. The summed E-state index contributed by atoms with van der Waals surface area (Å²) >= 11 is 0. The molecule has 1 amide bonds. The van der Waals surface area contributed by atoms with Crippen LogP contribution in [0.1, 0.15) is 10.4 Å². The van der Waals surface area contributed by atoms with Crippen LogP contribution in [0.3, 0.4) is 0 Å². The SMILES string of the molecule is COc1ccccc1C(=O)Nc1ccc(F)c([N+](=O)[O-])c1. The minimum Gasteiger partial charge on any atom is -0.496 e. The first-order valence-electron chi connectivity index (χ1n) is 5.91. The first-order chi connectivity index (χ1) is 10.0. The molecule has 0 heterocycles. The van der Waals surface area contributed by atoms with Crippen molar-refractivity contribution < 1.29 is 18.8 Å². The molecule has 1 N–H and O–H groups in total. The second kappa shape index (κ2) is 6.00. The fourth-order valence-electron chi connectivity index (χ4n) is 1.76. The van der Waals surface area contributed by atoms with Crippen molar-refractivity contribution >= 4 is 17.3 Å². The molecular formula is C14H11FN2O4. The zero-order chi connectivity index (χ0) is 15.4. The Kier molecular flexibility index (Phi) is 4.13. The van der Waals surface area contributed by atoms with Crippen LogP contribution >= 0.6 is 0 Å². The van der Waals surface area contributed by atoms with Gasteiger partial charge in [-0.15, -0.1) is 0 Å². The highest BCUT2D eigenvalue weighted by molar-refractivity contribution is 6.06. The number of carbonyl (C=O) groups is 1. The van der Waals surface area contributed by atoms with E-state index in [0.717, 1.165) is 12.1 Å². The van der Waals surface area contributed by atoms with E-state index in [9.17, 15) is 19.3 Å². The molecule has 108 valence electrons. The van der Waals surface area contributed by atoms with E-state index in [0.29, 0.717) is 5.75 Å². The van der Waals surface area contributed by atoms with E-state index < -0.39 is 22.3 Å². The Morgan fingerprint density at radius 3 is 2.67 bits per heavy atom. The summed E-state index contributed by atoms with van der Waals surface area (Å²) in [6.45, 7) is 0. The Balaban J connectivity index is 2.28. The van der Waals surface area contributed by atoms with Gasteiger partial charge in [-0.1, -0.05) is 12.1 Å². The lowest BCUT2D eigenvalue weighted by Crippen LogP contribution is -2.13. The Hall–Kier alpha value is -2.96. The highest BCUT2D eigenvalue weighted by Gasteiger charge is 2.17. The third-order valence-corrected chi connectivity index (χ3v) is 2.75. The first-order valence-corrected chi connectivity index (χ1v) is 5.91. The van der Waals surface area contributed by atoms with Gasteiger partial charge in [0.15, 0.2) is 0 Å². The lowest BCUT2D eigenvalue weighted by molar-refractivity contribution is -0.387. The number of nitrogens with one attached hydrogen (secondary N) is 1. The minimum atomic E-state index is -0.963. The number of hydrogen-bond donors (Lipinski definition) is 1. The largest absolute Gasteiger partial charge is 0.496 e. The zero-order valence-corrected chi connectivity index (χ0v) is 11.0. The molecule has 0 spiro atoms. The van der Waals surface area contributed by atoms with Gasteiger partial charge in [0, 0.05) is 11.8 Å². The highest BCUT2D eigenvalue weighted by atomic mass is 19.1. The second-order valence-corrected chi connectivity index (χ2v) is 4.08. The number of benzene rings is 2. The van der Waals surface area contributed by atoms with Crippen LogP contribution in [0.4, 0.5) is 15.8 Å².